The number of hydrogen-bond acceptors (Lipinski definition) is 5. The molecule has 5 nitrogen and oxygen atoms in total. The van der Waals surface area contributed by atoms with Crippen molar-refractivity contribution < 1.29 is 0 Å². The van der Waals surface area contributed by atoms with Crippen molar-refractivity contribution in [2.75, 3.05) is 37.2 Å². The highest BCUT2D eigenvalue weighted by Crippen LogP contribution is 2.22. The number of nitrogens with zero attached hydrogens (tertiary/aromatic N) is 5. The minimum absolute atomic E-state index is 0.853. The standard InChI is InChI=1S/C13H17N5/c1-15-6-8-17(10-15)12-4-3-5-13(14-12)18-9-7-16(2)11-18/h3-9H,10-11H2,1-2H3. The molecule has 18 heavy (non-hydrogen) atoms. The fourth-order valence-electron chi connectivity index (χ4n) is 2.09. The van der Waals surface area contributed by atoms with Crippen LogP contribution < -0.4 is 9.80 Å². The zero-order valence-electron chi connectivity index (χ0n) is 10.7. The van der Waals surface area contributed by atoms with E-state index in [4.69, 9.17) is 4.98 Å². The first-order valence-corrected chi connectivity index (χ1v) is 6.00. The van der Waals surface area contributed by atoms with Gasteiger partial charge in [-0.3, -0.25) is 0 Å². The maximum atomic E-state index is 4.70. The third-order valence-corrected chi connectivity index (χ3v) is 3.06. The Morgan fingerprint density at radius 2 is 1.33 bits per heavy atom. The maximum Gasteiger partial charge on any atom is 0.136 e. The predicted octanol–water partition coefficient (Wildman–Crippen LogP) is 1.44. The first-order chi connectivity index (χ1) is 8.72. The van der Waals surface area contributed by atoms with Gasteiger partial charge in [-0.25, -0.2) is 4.98 Å². The van der Waals surface area contributed by atoms with Gasteiger partial charge in [-0.05, 0) is 12.1 Å². The highest BCUT2D eigenvalue weighted by atomic mass is 15.4. The SMILES string of the molecule is CN1C=CN(c2cccc(N3C=CN(C)C3)n2)C1. The monoisotopic (exact) mass is 243 g/mol. The lowest BCUT2D eigenvalue weighted by molar-refractivity contribution is 0.492. The zero-order chi connectivity index (χ0) is 12.5. The zero-order valence-corrected chi connectivity index (χ0v) is 10.7. The molecular weight excluding hydrogens is 226 g/mol. The van der Waals surface area contributed by atoms with E-state index in [9.17, 15) is 0 Å². The van der Waals surface area contributed by atoms with Gasteiger partial charge in [0.15, 0.2) is 0 Å². The van der Waals surface area contributed by atoms with Crippen LogP contribution in [-0.2, 0) is 0 Å². The number of aromatic nitrogens is 1. The molecule has 94 valence electrons. The van der Waals surface area contributed by atoms with Crippen molar-refractivity contribution >= 4 is 11.6 Å². The molecule has 3 rings (SSSR count). The van der Waals surface area contributed by atoms with Gasteiger partial charge in [-0.2, -0.15) is 0 Å². The van der Waals surface area contributed by atoms with Gasteiger partial charge in [0.25, 0.3) is 0 Å². The first-order valence-electron chi connectivity index (χ1n) is 6.00. The molecule has 0 spiro atoms. The van der Waals surface area contributed by atoms with Gasteiger partial charge in [-0.1, -0.05) is 6.07 Å². The lowest BCUT2D eigenvalue weighted by atomic mass is 10.4. The van der Waals surface area contributed by atoms with Crippen LogP contribution in [0.15, 0.2) is 43.0 Å². The average molecular weight is 243 g/mol. The van der Waals surface area contributed by atoms with Gasteiger partial charge < -0.3 is 19.6 Å². The van der Waals surface area contributed by atoms with E-state index >= 15 is 0 Å². The van der Waals surface area contributed by atoms with E-state index in [2.05, 4.69) is 64.6 Å². The largest absolute Gasteiger partial charge is 0.361 e. The van der Waals surface area contributed by atoms with Crippen LogP contribution in [0.3, 0.4) is 0 Å². The van der Waals surface area contributed by atoms with E-state index < -0.39 is 0 Å². The molecule has 0 bridgehead atoms. The normalized spacial score (nSPS) is 18.3. The highest BCUT2D eigenvalue weighted by Gasteiger charge is 2.15. The van der Waals surface area contributed by atoms with Crippen molar-refractivity contribution in [2.24, 2.45) is 0 Å². The number of rotatable bonds is 2. The van der Waals surface area contributed by atoms with Gasteiger partial charge in [0.05, 0.1) is 13.3 Å². The van der Waals surface area contributed by atoms with E-state index in [0.717, 1.165) is 25.0 Å². The van der Waals surface area contributed by atoms with E-state index in [1.165, 1.54) is 0 Å². The van der Waals surface area contributed by atoms with Crippen LogP contribution in [0.4, 0.5) is 11.6 Å². The molecule has 0 amide bonds. The van der Waals surface area contributed by atoms with Crippen LogP contribution in [0.25, 0.3) is 0 Å². The maximum absolute atomic E-state index is 4.70. The molecule has 0 saturated carbocycles. The van der Waals surface area contributed by atoms with Gasteiger partial charge in [0.1, 0.15) is 11.6 Å². The second kappa shape index (κ2) is 4.25. The van der Waals surface area contributed by atoms with E-state index in [0.29, 0.717) is 0 Å². The van der Waals surface area contributed by atoms with E-state index in [1.807, 2.05) is 12.1 Å². The van der Waals surface area contributed by atoms with Crippen LogP contribution in [0.1, 0.15) is 0 Å². The van der Waals surface area contributed by atoms with Crippen LogP contribution in [0.5, 0.6) is 0 Å². The molecule has 0 aromatic carbocycles. The predicted molar refractivity (Wildman–Crippen MR) is 72.7 cm³/mol. The second-order valence-corrected chi connectivity index (χ2v) is 4.69. The fraction of sp³-hybridized carbons (Fsp3) is 0.308. The molecule has 1 aromatic heterocycles. The summed E-state index contributed by atoms with van der Waals surface area (Å²) >= 11 is 0. The Morgan fingerprint density at radius 1 is 0.833 bits per heavy atom. The third kappa shape index (κ3) is 1.99. The third-order valence-electron chi connectivity index (χ3n) is 3.06. The molecule has 0 unspecified atom stereocenters. The summed E-state index contributed by atoms with van der Waals surface area (Å²) in [4.78, 5) is 13.2. The Labute approximate surface area is 107 Å². The molecule has 2 aliphatic rings. The fourth-order valence-corrected chi connectivity index (χ4v) is 2.09. The topological polar surface area (TPSA) is 25.9 Å². The van der Waals surface area contributed by atoms with Crippen molar-refractivity contribution in [3.8, 4) is 0 Å². The Bertz CT molecular complexity index is 455. The number of pyridine rings is 1. The average Bonchev–Trinajstić information content (AvgIpc) is 2.98. The summed E-state index contributed by atoms with van der Waals surface area (Å²) in [5, 5.41) is 0. The Balaban J connectivity index is 1.81. The molecule has 3 heterocycles. The van der Waals surface area contributed by atoms with Crippen molar-refractivity contribution in [1.29, 1.82) is 0 Å². The molecule has 1 aromatic rings. The summed E-state index contributed by atoms with van der Waals surface area (Å²) < 4.78 is 0. The van der Waals surface area contributed by atoms with Gasteiger partial charge >= 0.3 is 0 Å². The van der Waals surface area contributed by atoms with Crippen molar-refractivity contribution in [2.45, 2.75) is 0 Å². The molecule has 0 atom stereocenters. The van der Waals surface area contributed by atoms with Gasteiger partial charge in [-0.15, -0.1) is 0 Å². The van der Waals surface area contributed by atoms with Crippen molar-refractivity contribution in [3.05, 3.63) is 43.0 Å². The molecule has 2 aliphatic heterocycles. The summed E-state index contributed by atoms with van der Waals surface area (Å²) in [7, 11) is 4.11. The van der Waals surface area contributed by atoms with Crippen molar-refractivity contribution in [1.82, 2.24) is 14.8 Å². The molecule has 0 N–H and O–H groups in total. The number of hydrogen-bond donors (Lipinski definition) is 0. The molecule has 0 radical (unpaired) electrons. The van der Waals surface area contributed by atoms with E-state index in [-0.39, 0.29) is 0 Å². The summed E-state index contributed by atoms with van der Waals surface area (Å²) in [5.74, 6) is 1.96. The Kier molecular flexibility index (Phi) is 2.59. The lowest BCUT2D eigenvalue weighted by Gasteiger charge is -2.21. The van der Waals surface area contributed by atoms with Gasteiger partial charge in [0, 0.05) is 38.9 Å². The summed E-state index contributed by atoms with van der Waals surface area (Å²) in [6.07, 6.45) is 8.21. The molecule has 0 fully saturated rings. The Morgan fingerprint density at radius 3 is 1.72 bits per heavy atom. The smallest absolute Gasteiger partial charge is 0.136 e. The van der Waals surface area contributed by atoms with Crippen LogP contribution in [-0.4, -0.2) is 42.2 Å². The van der Waals surface area contributed by atoms with Crippen LogP contribution >= 0.6 is 0 Å². The van der Waals surface area contributed by atoms with E-state index in [1.54, 1.807) is 0 Å². The molecular formula is C13H17N5. The number of anilines is 2. The first kappa shape index (κ1) is 11.0. The summed E-state index contributed by atoms with van der Waals surface area (Å²) in [6, 6.07) is 6.13. The molecule has 5 heteroatoms. The minimum Gasteiger partial charge on any atom is -0.361 e. The molecule has 0 aliphatic carbocycles. The highest BCUT2D eigenvalue weighted by molar-refractivity contribution is 5.52. The van der Waals surface area contributed by atoms with Crippen LogP contribution in [0.2, 0.25) is 0 Å². The quantitative estimate of drug-likeness (QED) is 0.783. The lowest BCUT2D eigenvalue weighted by Crippen LogP contribution is -2.25. The summed E-state index contributed by atoms with van der Waals surface area (Å²) in [5.41, 5.74) is 0. The van der Waals surface area contributed by atoms with Crippen LogP contribution in [0, 0.1) is 0 Å². The Hall–Kier alpha value is -2.17. The molecule has 0 saturated heterocycles. The van der Waals surface area contributed by atoms with Crippen molar-refractivity contribution in [3.63, 3.8) is 0 Å². The second-order valence-electron chi connectivity index (χ2n) is 4.69. The van der Waals surface area contributed by atoms with Gasteiger partial charge in [0.2, 0.25) is 0 Å². The summed E-state index contributed by atoms with van der Waals surface area (Å²) in [6.45, 7) is 1.71. The minimum atomic E-state index is 0.853.